The van der Waals surface area contributed by atoms with Crippen LogP contribution in [0.5, 0.6) is 0 Å². The second-order valence-corrected chi connectivity index (χ2v) is 7.46. The molecule has 0 fully saturated rings. The molecule has 0 heterocycles. The highest BCUT2D eigenvalue weighted by Crippen LogP contribution is 2.32. The highest BCUT2D eigenvalue weighted by molar-refractivity contribution is 7.89. The second-order valence-electron chi connectivity index (χ2n) is 4.52. The Bertz CT molecular complexity index is 593. The van der Waals surface area contributed by atoms with Crippen molar-refractivity contribution in [3.8, 4) is 0 Å². The highest BCUT2D eigenvalue weighted by atomic mass is 35.5. The standard InChI is InChI=1S/C13H18Cl3NO3S/c1-4-17(9(2)8-20-3)21(18,19)12-6-11(15)5-10(7-14)13(12)16/h5-6,9H,4,7-8H2,1-3H3. The predicted molar refractivity (Wildman–Crippen MR) is 86.9 cm³/mol. The van der Waals surface area contributed by atoms with E-state index in [1.54, 1.807) is 19.9 Å². The number of benzene rings is 1. The molecule has 0 aromatic heterocycles. The Labute approximate surface area is 141 Å². The van der Waals surface area contributed by atoms with E-state index in [4.69, 9.17) is 39.5 Å². The van der Waals surface area contributed by atoms with Gasteiger partial charge in [-0.1, -0.05) is 30.1 Å². The van der Waals surface area contributed by atoms with Gasteiger partial charge >= 0.3 is 0 Å². The molecule has 0 bridgehead atoms. The van der Waals surface area contributed by atoms with E-state index in [1.807, 2.05) is 0 Å². The first-order chi connectivity index (χ1) is 9.79. The maximum absolute atomic E-state index is 12.8. The number of halogens is 3. The van der Waals surface area contributed by atoms with Gasteiger partial charge in [0.2, 0.25) is 10.0 Å². The second kappa shape index (κ2) is 7.99. The molecule has 0 aliphatic carbocycles. The van der Waals surface area contributed by atoms with Crippen LogP contribution >= 0.6 is 34.8 Å². The third-order valence-corrected chi connectivity index (χ3v) is 6.20. The summed E-state index contributed by atoms with van der Waals surface area (Å²) in [6, 6.07) is 2.59. The van der Waals surface area contributed by atoms with Crippen LogP contribution in [-0.2, 0) is 20.6 Å². The lowest BCUT2D eigenvalue weighted by molar-refractivity contribution is 0.142. The molecule has 1 unspecified atom stereocenters. The molecule has 4 nitrogen and oxygen atoms in total. The van der Waals surface area contributed by atoms with Crippen LogP contribution in [0.3, 0.4) is 0 Å². The molecule has 1 rings (SSSR count). The van der Waals surface area contributed by atoms with Crippen molar-refractivity contribution >= 4 is 44.8 Å². The fourth-order valence-electron chi connectivity index (χ4n) is 2.07. The van der Waals surface area contributed by atoms with E-state index in [0.29, 0.717) is 12.1 Å². The molecule has 1 aromatic rings. The smallest absolute Gasteiger partial charge is 0.244 e. The third kappa shape index (κ3) is 4.24. The summed E-state index contributed by atoms with van der Waals surface area (Å²) in [5, 5.41) is 0.390. The van der Waals surface area contributed by atoms with Gasteiger partial charge in [-0.15, -0.1) is 11.6 Å². The summed E-state index contributed by atoms with van der Waals surface area (Å²) in [5.74, 6) is 0.0850. The van der Waals surface area contributed by atoms with Crippen molar-refractivity contribution in [3.63, 3.8) is 0 Å². The predicted octanol–water partition coefficient (Wildman–Crippen LogP) is 3.78. The van der Waals surface area contributed by atoms with E-state index in [0.717, 1.165) is 0 Å². The molecule has 8 heteroatoms. The van der Waals surface area contributed by atoms with E-state index in [-0.39, 0.29) is 33.5 Å². The highest BCUT2D eigenvalue weighted by Gasteiger charge is 2.30. The Kier molecular flexibility index (Phi) is 7.24. The Hall–Kier alpha value is -0.0400. The van der Waals surface area contributed by atoms with Crippen molar-refractivity contribution in [2.24, 2.45) is 0 Å². The summed E-state index contributed by atoms with van der Waals surface area (Å²) in [4.78, 5) is -0.0304. The van der Waals surface area contributed by atoms with Gasteiger partial charge in [-0.25, -0.2) is 8.42 Å². The monoisotopic (exact) mass is 373 g/mol. The lowest BCUT2D eigenvalue weighted by Gasteiger charge is -2.27. The van der Waals surface area contributed by atoms with Crippen LogP contribution in [0.25, 0.3) is 0 Å². The Morgan fingerprint density at radius 3 is 2.43 bits per heavy atom. The molecule has 0 aliphatic rings. The number of hydrogen-bond acceptors (Lipinski definition) is 3. The Morgan fingerprint density at radius 2 is 1.95 bits per heavy atom. The molecule has 120 valence electrons. The maximum Gasteiger partial charge on any atom is 0.244 e. The average Bonchev–Trinajstić information content (AvgIpc) is 2.41. The van der Waals surface area contributed by atoms with Crippen molar-refractivity contribution in [1.82, 2.24) is 4.31 Å². The summed E-state index contributed by atoms with van der Waals surface area (Å²) in [5.41, 5.74) is 0.486. The van der Waals surface area contributed by atoms with Crippen LogP contribution in [0.15, 0.2) is 17.0 Å². The minimum absolute atomic E-state index is 0.0304. The van der Waals surface area contributed by atoms with Crippen LogP contribution in [0.1, 0.15) is 19.4 Å². The van der Waals surface area contributed by atoms with Gasteiger partial charge in [-0.2, -0.15) is 4.31 Å². The Balaban J connectivity index is 3.39. The molecule has 0 spiro atoms. The van der Waals surface area contributed by atoms with Crippen molar-refractivity contribution in [3.05, 3.63) is 27.7 Å². The molecule has 0 aliphatic heterocycles. The van der Waals surface area contributed by atoms with Gasteiger partial charge in [0.05, 0.1) is 11.6 Å². The fraction of sp³-hybridized carbons (Fsp3) is 0.538. The average molecular weight is 375 g/mol. The van der Waals surface area contributed by atoms with Gasteiger partial charge in [0.15, 0.2) is 0 Å². The number of alkyl halides is 1. The SMILES string of the molecule is CCN(C(C)COC)S(=O)(=O)c1cc(Cl)cc(CCl)c1Cl. The van der Waals surface area contributed by atoms with E-state index in [2.05, 4.69) is 0 Å². The van der Waals surface area contributed by atoms with Crippen LogP contribution in [0.2, 0.25) is 10.0 Å². The number of methoxy groups -OCH3 is 1. The number of sulfonamides is 1. The van der Waals surface area contributed by atoms with E-state index in [1.165, 1.54) is 17.5 Å². The molecule has 1 atom stereocenters. The van der Waals surface area contributed by atoms with Crippen LogP contribution in [0.4, 0.5) is 0 Å². The number of hydrogen-bond donors (Lipinski definition) is 0. The number of likely N-dealkylation sites (N-methyl/N-ethyl adjacent to an activating group) is 1. The third-order valence-electron chi connectivity index (χ3n) is 3.02. The molecule has 1 aromatic carbocycles. The fourth-order valence-corrected chi connectivity index (χ4v) is 4.89. The van der Waals surface area contributed by atoms with Gasteiger partial charge < -0.3 is 4.74 Å². The minimum atomic E-state index is -3.78. The normalized spacial score (nSPS) is 13.7. The first kappa shape index (κ1) is 19.0. The summed E-state index contributed by atoms with van der Waals surface area (Å²) < 4.78 is 32.0. The van der Waals surface area contributed by atoms with Crippen molar-refractivity contribution in [1.29, 1.82) is 0 Å². The van der Waals surface area contributed by atoms with E-state index in [9.17, 15) is 8.42 Å². The molecular formula is C13H18Cl3NO3S. The number of ether oxygens (including phenoxy) is 1. The number of nitrogens with zero attached hydrogens (tertiary/aromatic N) is 1. The zero-order valence-corrected chi connectivity index (χ0v) is 15.2. The molecule has 21 heavy (non-hydrogen) atoms. The summed E-state index contributed by atoms with van der Waals surface area (Å²) >= 11 is 17.9. The molecular weight excluding hydrogens is 357 g/mol. The van der Waals surface area contributed by atoms with Gasteiger partial charge in [0.25, 0.3) is 0 Å². The molecule has 0 saturated heterocycles. The summed E-state index contributed by atoms with van der Waals surface area (Å²) in [6.45, 7) is 4.11. The maximum atomic E-state index is 12.8. The summed E-state index contributed by atoms with van der Waals surface area (Å²) in [7, 11) is -2.26. The minimum Gasteiger partial charge on any atom is -0.383 e. The molecule has 0 amide bonds. The zero-order valence-electron chi connectivity index (χ0n) is 12.1. The number of rotatable bonds is 7. The van der Waals surface area contributed by atoms with Gasteiger partial charge in [-0.3, -0.25) is 0 Å². The van der Waals surface area contributed by atoms with Gasteiger partial charge in [0.1, 0.15) is 4.90 Å². The van der Waals surface area contributed by atoms with Crippen molar-refractivity contribution in [2.75, 3.05) is 20.3 Å². The van der Waals surface area contributed by atoms with Gasteiger partial charge in [0, 0.05) is 30.6 Å². The largest absolute Gasteiger partial charge is 0.383 e. The quantitative estimate of drug-likeness (QED) is 0.682. The molecule has 0 N–H and O–H groups in total. The molecule has 0 radical (unpaired) electrons. The first-order valence-corrected chi connectivity index (χ1v) is 9.07. The lowest BCUT2D eigenvalue weighted by atomic mass is 10.2. The summed E-state index contributed by atoms with van der Waals surface area (Å²) in [6.07, 6.45) is 0. The van der Waals surface area contributed by atoms with Crippen molar-refractivity contribution < 1.29 is 13.2 Å². The molecule has 0 saturated carbocycles. The topological polar surface area (TPSA) is 46.6 Å². The van der Waals surface area contributed by atoms with Crippen LogP contribution in [0, 0.1) is 0 Å². The van der Waals surface area contributed by atoms with Crippen molar-refractivity contribution in [2.45, 2.75) is 30.7 Å². The zero-order chi connectivity index (χ0) is 16.2. The van der Waals surface area contributed by atoms with E-state index < -0.39 is 10.0 Å². The van der Waals surface area contributed by atoms with Gasteiger partial charge in [-0.05, 0) is 24.6 Å². The Morgan fingerprint density at radius 1 is 1.33 bits per heavy atom. The van der Waals surface area contributed by atoms with E-state index >= 15 is 0 Å². The van der Waals surface area contributed by atoms with Crippen LogP contribution < -0.4 is 0 Å². The van der Waals surface area contributed by atoms with Crippen LogP contribution in [-0.4, -0.2) is 39.0 Å². The lowest BCUT2D eigenvalue weighted by Crippen LogP contribution is -2.41. The first-order valence-electron chi connectivity index (χ1n) is 6.34.